The number of carbonyl (C=O) groups excluding carboxylic acids is 2. The number of rotatable bonds is 6. The van der Waals surface area contributed by atoms with Crippen molar-refractivity contribution >= 4 is 11.9 Å². The van der Waals surface area contributed by atoms with Crippen LogP contribution in [-0.2, 0) is 4.79 Å². The van der Waals surface area contributed by atoms with Crippen LogP contribution < -0.4 is 10.6 Å². The molecule has 0 aliphatic carbocycles. The van der Waals surface area contributed by atoms with E-state index in [9.17, 15) is 9.59 Å². The standard InChI is InChI=1S/C16H31N3O2/c1-11(2)8-14(9-12(3)4)18-16(21)17-13-6-7-15(20)19(5)10-13/h11-14H,6-10H2,1-5H3,(H2,17,18,21)/t13-/m0/s1. The smallest absolute Gasteiger partial charge is 0.315 e. The van der Waals surface area contributed by atoms with E-state index < -0.39 is 0 Å². The lowest BCUT2D eigenvalue weighted by Gasteiger charge is -2.31. The summed E-state index contributed by atoms with van der Waals surface area (Å²) in [5.74, 6) is 1.28. The maximum atomic E-state index is 12.1. The Balaban J connectivity index is 2.44. The number of amides is 3. The average molecular weight is 297 g/mol. The molecule has 0 unspecified atom stereocenters. The zero-order valence-corrected chi connectivity index (χ0v) is 14.1. The van der Waals surface area contributed by atoms with Gasteiger partial charge in [-0.25, -0.2) is 4.79 Å². The predicted octanol–water partition coefficient (Wildman–Crippen LogP) is 2.37. The highest BCUT2D eigenvalue weighted by atomic mass is 16.2. The van der Waals surface area contributed by atoms with E-state index in [0.717, 1.165) is 19.3 Å². The Morgan fingerprint density at radius 2 is 1.81 bits per heavy atom. The van der Waals surface area contributed by atoms with Gasteiger partial charge in [0.2, 0.25) is 5.91 Å². The molecule has 122 valence electrons. The highest BCUT2D eigenvalue weighted by Gasteiger charge is 2.24. The van der Waals surface area contributed by atoms with Gasteiger partial charge in [-0.2, -0.15) is 0 Å². The number of hydrogen-bond donors (Lipinski definition) is 2. The molecule has 1 rings (SSSR count). The van der Waals surface area contributed by atoms with Crippen LogP contribution in [0.3, 0.4) is 0 Å². The van der Waals surface area contributed by atoms with Crippen molar-refractivity contribution in [1.29, 1.82) is 0 Å². The van der Waals surface area contributed by atoms with Crippen LogP contribution in [0, 0.1) is 11.8 Å². The molecule has 1 fully saturated rings. The topological polar surface area (TPSA) is 61.4 Å². The molecule has 1 heterocycles. The van der Waals surface area contributed by atoms with Gasteiger partial charge in [-0.3, -0.25) is 4.79 Å². The number of urea groups is 1. The van der Waals surface area contributed by atoms with E-state index >= 15 is 0 Å². The third-order valence-corrected chi connectivity index (χ3v) is 3.81. The van der Waals surface area contributed by atoms with Gasteiger partial charge < -0.3 is 15.5 Å². The summed E-state index contributed by atoms with van der Waals surface area (Å²) in [5.41, 5.74) is 0. The van der Waals surface area contributed by atoms with Gasteiger partial charge in [-0.1, -0.05) is 27.7 Å². The van der Waals surface area contributed by atoms with E-state index in [1.165, 1.54) is 0 Å². The van der Waals surface area contributed by atoms with Crippen LogP contribution in [0.4, 0.5) is 4.79 Å². The van der Waals surface area contributed by atoms with Crippen LogP contribution in [0.5, 0.6) is 0 Å². The van der Waals surface area contributed by atoms with Gasteiger partial charge >= 0.3 is 6.03 Å². The molecule has 0 aromatic rings. The molecule has 0 spiro atoms. The summed E-state index contributed by atoms with van der Waals surface area (Å²) >= 11 is 0. The van der Waals surface area contributed by atoms with Crippen LogP contribution in [0.1, 0.15) is 53.4 Å². The molecule has 5 heteroatoms. The van der Waals surface area contributed by atoms with E-state index in [2.05, 4.69) is 38.3 Å². The van der Waals surface area contributed by atoms with Crippen molar-refractivity contribution in [3.63, 3.8) is 0 Å². The number of hydrogen-bond acceptors (Lipinski definition) is 2. The molecule has 0 bridgehead atoms. The minimum atomic E-state index is -0.103. The maximum absolute atomic E-state index is 12.1. The molecule has 1 saturated heterocycles. The van der Waals surface area contributed by atoms with Gasteiger partial charge in [0.15, 0.2) is 0 Å². The lowest BCUT2D eigenvalue weighted by atomic mass is 9.96. The molecule has 2 N–H and O–H groups in total. The molecular formula is C16H31N3O2. The van der Waals surface area contributed by atoms with E-state index in [0.29, 0.717) is 24.8 Å². The first-order valence-corrected chi connectivity index (χ1v) is 8.09. The van der Waals surface area contributed by atoms with Crippen molar-refractivity contribution in [3.05, 3.63) is 0 Å². The second-order valence-corrected chi connectivity index (χ2v) is 7.08. The minimum Gasteiger partial charge on any atom is -0.344 e. The number of piperidine rings is 1. The molecule has 1 aliphatic rings. The minimum absolute atomic E-state index is 0.0615. The summed E-state index contributed by atoms with van der Waals surface area (Å²) in [7, 11) is 1.79. The third-order valence-electron chi connectivity index (χ3n) is 3.81. The SMILES string of the molecule is CC(C)CC(CC(C)C)NC(=O)N[C@H]1CCC(=O)N(C)C1. The first-order valence-electron chi connectivity index (χ1n) is 8.09. The molecule has 5 nitrogen and oxygen atoms in total. The summed E-state index contributed by atoms with van der Waals surface area (Å²) in [6.07, 6.45) is 3.24. The number of likely N-dealkylation sites (N-methyl/N-ethyl adjacent to an activating group) is 1. The number of likely N-dealkylation sites (tertiary alicyclic amines) is 1. The maximum Gasteiger partial charge on any atom is 0.315 e. The average Bonchev–Trinajstić information content (AvgIpc) is 2.31. The summed E-state index contributed by atoms with van der Waals surface area (Å²) in [6, 6.07) is 0.174. The molecule has 0 aromatic heterocycles. The van der Waals surface area contributed by atoms with Gasteiger partial charge in [0.1, 0.15) is 0 Å². The summed E-state index contributed by atoms with van der Waals surface area (Å²) in [6.45, 7) is 9.30. The van der Waals surface area contributed by atoms with Crippen LogP contribution in [0.25, 0.3) is 0 Å². The van der Waals surface area contributed by atoms with Gasteiger partial charge in [0, 0.05) is 32.1 Å². The van der Waals surface area contributed by atoms with Crippen LogP contribution >= 0.6 is 0 Å². The van der Waals surface area contributed by atoms with E-state index in [4.69, 9.17) is 0 Å². The van der Waals surface area contributed by atoms with E-state index in [1.54, 1.807) is 11.9 Å². The Bertz CT molecular complexity index is 345. The summed E-state index contributed by atoms with van der Waals surface area (Å²) < 4.78 is 0. The van der Waals surface area contributed by atoms with E-state index in [-0.39, 0.29) is 24.0 Å². The Hall–Kier alpha value is -1.26. The summed E-state index contributed by atoms with van der Waals surface area (Å²) in [5, 5.41) is 6.10. The van der Waals surface area contributed by atoms with Crippen LogP contribution in [0.2, 0.25) is 0 Å². The molecular weight excluding hydrogens is 266 g/mol. The molecule has 0 radical (unpaired) electrons. The highest BCUT2D eigenvalue weighted by molar-refractivity contribution is 5.78. The highest BCUT2D eigenvalue weighted by Crippen LogP contribution is 2.14. The second-order valence-electron chi connectivity index (χ2n) is 7.08. The van der Waals surface area contributed by atoms with Crippen LogP contribution in [-0.4, -0.2) is 42.5 Å². The Morgan fingerprint density at radius 3 is 2.29 bits per heavy atom. The summed E-state index contributed by atoms with van der Waals surface area (Å²) in [4.78, 5) is 25.3. The van der Waals surface area contributed by atoms with Gasteiger partial charge in [-0.05, 0) is 31.1 Å². The second kappa shape index (κ2) is 8.25. The first kappa shape index (κ1) is 17.8. The van der Waals surface area contributed by atoms with Crippen LogP contribution in [0.15, 0.2) is 0 Å². The molecule has 1 aliphatic heterocycles. The fourth-order valence-electron chi connectivity index (χ4n) is 2.89. The normalized spacial score (nSPS) is 19.5. The molecule has 0 aromatic carbocycles. The fraction of sp³-hybridized carbons (Fsp3) is 0.875. The monoisotopic (exact) mass is 297 g/mol. The number of nitrogens with zero attached hydrogens (tertiary/aromatic N) is 1. The Labute approximate surface area is 128 Å². The van der Waals surface area contributed by atoms with Gasteiger partial charge in [0.25, 0.3) is 0 Å². The zero-order chi connectivity index (χ0) is 16.0. The molecule has 3 amide bonds. The van der Waals surface area contributed by atoms with Gasteiger partial charge in [-0.15, -0.1) is 0 Å². The third kappa shape index (κ3) is 6.82. The molecule has 21 heavy (non-hydrogen) atoms. The Morgan fingerprint density at radius 1 is 1.24 bits per heavy atom. The molecule has 0 saturated carbocycles. The van der Waals surface area contributed by atoms with Gasteiger partial charge in [0.05, 0.1) is 0 Å². The van der Waals surface area contributed by atoms with E-state index in [1.807, 2.05) is 0 Å². The Kier molecular flexibility index (Phi) is 6.99. The first-order chi connectivity index (χ1) is 9.77. The lowest BCUT2D eigenvalue weighted by molar-refractivity contribution is -0.132. The van der Waals surface area contributed by atoms with Crippen molar-refractivity contribution in [2.75, 3.05) is 13.6 Å². The zero-order valence-electron chi connectivity index (χ0n) is 14.1. The van der Waals surface area contributed by atoms with Crippen molar-refractivity contribution in [2.24, 2.45) is 11.8 Å². The van der Waals surface area contributed by atoms with Crippen molar-refractivity contribution in [2.45, 2.75) is 65.5 Å². The van der Waals surface area contributed by atoms with Crippen molar-refractivity contribution in [3.8, 4) is 0 Å². The van der Waals surface area contributed by atoms with Crippen molar-refractivity contribution in [1.82, 2.24) is 15.5 Å². The largest absolute Gasteiger partial charge is 0.344 e. The van der Waals surface area contributed by atoms with Crippen molar-refractivity contribution < 1.29 is 9.59 Å². The fourth-order valence-corrected chi connectivity index (χ4v) is 2.89. The molecule has 1 atom stereocenters. The number of nitrogens with one attached hydrogen (secondary N) is 2. The quantitative estimate of drug-likeness (QED) is 0.790. The number of carbonyl (C=O) groups is 2. The lowest BCUT2D eigenvalue weighted by Crippen LogP contribution is -2.52. The predicted molar refractivity (Wildman–Crippen MR) is 85.0 cm³/mol.